The van der Waals surface area contributed by atoms with Gasteiger partial charge in [0.25, 0.3) is 0 Å². The highest BCUT2D eigenvalue weighted by molar-refractivity contribution is 7.89. The summed E-state index contributed by atoms with van der Waals surface area (Å²) >= 11 is 12.3. The van der Waals surface area contributed by atoms with E-state index < -0.39 is 34.2 Å². The third kappa shape index (κ3) is 8.30. The molecule has 0 radical (unpaired) electrons. The molecule has 0 atom stereocenters. The maximum atomic E-state index is 13.8. The van der Waals surface area contributed by atoms with Crippen LogP contribution in [0.3, 0.4) is 0 Å². The first-order chi connectivity index (χ1) is 20.4. The summed E-state index contributed by atoms with van der Waals surface area (Å²) in [5, 5.41) is 1.09. The molecule has 0 bridgehead atoms. The number of sulfonamides is 1. The zero-order valence-corrected chi connectivity index (χ0v) is 25.5. The van der Waals surface area contributed by atoms with Crippen molar-refractivity contribution < 1.29 is 31.1 Å². The number of rotatable bonds is 13. The Morgan fingerprint density at radius 3 is 2.42 bits per heavy atom. The molecule has 1 heterocycles. The highest BCUT2D eigenvalue weighted by Gasteiger charge is 2.32. The Morgan fingerprint density at radius 1 is 1.00 bits per heavy atom. The predicted molar refractivity (Wildman–Crippen MR) is 161 cm³/mol. The Bertz CT molecular complexity index is 1660. The molecule has 0 saturated heterocycles. The number of fused-ring (bicyclic) bond motifs is 1. The number of alkyl halides is 3. The first-order valence-electron chi connectivity index (χ1n) is 13.3. The summed E-state index contributed by atoms with van der Waals surface area (Å²) in [6.45, 7) is -0.154. The van der Waals surface area contributed by atoms with E-state index in [-0.39, 0.29) is 41.2 Å². The quantitative estimate of drug-likeness (QED) is 0.161. The van der Waals surface area contributed by atoms with Gasteiger partial charge in [-0.15, -0.1) is 0 Å². The van der Waals surface area contributed by atoms with Gasteiger partial charge in [-0.1, -0.05) is 53.5 Å². The molecule has 3 aromatic carbocycles. The van der Waals surface area contributed by atoms with Crippen LogP contribution in [0.2, 0.25) is 10.0 Å². The van der Waals surface area contributed by atoms with Gasteiger partial charge in [0.15, 0.2) is 0 Å². The SMILES string of the molecule is COCCCN(CC(=O)N(CCc1c[nH]c2ccccc12)Cc1ccc(C(F)(F)F)cc1)S(=O)(=O)c1cc(Cl)ccc1Cl. The molecule has 0 fully saturated rings. The fourth-order valence-electron chi connectivity index (χ4n) is 4.64. The molecule has 4 aromatic rings. The van der Waals surface area contributed by atoms with Crippen molar-refractivity contribution in [2.75, 3.05) is 33.4 Å². The molecule has 0 spiro atoms. The summed E-state index contributed by atoms with van der Waals surface area (Å²) < 4.78 is 72.9. The van der Waals surface area contributed by atoms with E-state index in [4.69, 9.17) is 27.9 Å². The lowest BCUT2D eigenvalue weighted by molar-refractivity contribution is -0.137. The van der Waals surface area contributed by atoms with Crippen LogP contribution in [-0.2, 0) is 38.7 Å². The Morgan fingerprint density at radius 2 is 1.72 bits per heavy atom. The molecule has 0 unspecified atom stereocenters. The van der Waals surface area contributed by atoms with Gasteiger partial charge in [-0.05, 0) is 60.4 Å². The maximum Gasteiger partial charge on any atom is 0.416 e. The second kappa shape index (κ2) is 14.1. The Kier molecular flexibility index (Phi) is 10.8. The van der Waals surface area contributed by atoms with Gasteiger partial charge >= 0.3 is 6.18 Å². The lowest BCUT2D eigenvalue weighted by Crippen LogP contribution is -2.44. The van der Waals surface area contributed by atoms with Crippen molar-refractivity contribution in [1.29, 1.82) is 0 Å². The Labute approximate surface area is 258 Å². The number of methoxy groups -OCH3 is 1. The van der Waals surface area contributed by atoms with Crippen molar-refractivity contribution in [3.05, 3.63) is 99.7 Å². The highest BCUT2D eigenvalue weighted by Crippen LogP contribution is 2.30. The number of aromatic amines is 1. The zero-order valence-electron chi connectivity index (χ0n) is 23.2. The summed E-state index contributed by atoms with van der Waals surface area (Å²) in [6.07, 6.45) is -1.93. The normalized spacial score (nSPS) is 12.3. The van der Waals surface area contributed by atoms with Crippen LogP contribution >= 0.6 is 23.2 Å². The van der Waals surface area contributed by atoms with E-state index in [9.17, 15) is 26.4 Å². The second-order valence-corrected chi connectivity index (χ2v) is 12.6. The predicted octanol–water partition coefficient (Wildman–Crippen LogP) is 6.79. The molecule has 13 heteroatoms. The van der Waals surface area contributed by atoms with Gasteiger partial charge in [0.1, 0.15) is 4.90 Å². The van der Waals surface area contributed by atoms with Gasteiger partial charge in [0.05, 0.1) is 17.1 Å². The smallest absolute Gasteiger partial charge is 0.385 e. The van der Waals surface area contributed by atoms with Crippen molar-refractivity contribution >= 4 is 50.0 Å². The van der Waals surface area contributed by atoms with Gasteiger partial charge in [0, 0.05) is 55.5 Å². The highest BCUT2D eigenvalue weighted by atomic mass is 35.5. The lowest BCUT2D eigenvalue weighted by atomic mass is 10.1. The van der Waals surface area contributed by atoms with Crippen LogP contribution in [0.15, 0.2) is 77.8 Å². The largest absolute Gasteiger partial charge is 0.416 e. The average Bonchev–Trinajstić information content (AvgIpc) is 3.38. The fourth-order valence-corrected chi connectivity index (χ4v) is 6.80. The third-order valence-corrected chi connectivity index (χ3v) is 9.47. The number of nitrogens with zero attached hydrogens (tertiary/aromatic N) is 2. The number of hydrogen-bond donors (Lipinski definition) is 1. The summed E-state index contributed by atoms with van der Waals surface area (Å²) in [5.41, 5.74) is 1.52. The minimum Gasteiger partial charge on any atom is -0.385 e. The number of halogens is 5. The number of hydrogen-bond acceptors (Lipinski definition) is 4. The van der Waals surface area contributed by atoms with Crippen LogP contribution in [0.4, 0.5) is 13.2 Å². The molecule has 0 saturated carbocycles. The minimum atomic E-state index is -4.50. The van der Waals surface area contributed by atoms with E-state index in [1.807, 2.05) is 30.5 Å². The first kappa shape index (κ1) is 32.8. The topological polar surface area (TPSA) is 82.7 Å². The molecule has 1 amide bonds. The van der Waals surface area contributed by atoms with Crippen LogP contribution in [0.1, 0.15) is 23.1 Å². The van der Waals surface area contributed by atoms with Gasteiger partial charge in [-0.2, -0.15) is 17.5 Å². The first-order valence-corrected chi connectivity index (χ1v) is 15.5. The average molecular weight is 657 g/mol. The van der Waals surface area contributed by atoms with E-state index in [2.05, 4.69) is 4.98 Å². The number of para-hydroxylation sites is 1. The van der Waals surface area contributed by atoms with E-state index in [1.165, 1.54) is 42.3 Å². The zero-order chi connectivity index (χ0) is 31.2. The third-order valence-electron chi connectivity index (χ3n) is 6.91. The molecule has 4 rings (SSSR count). The summed E-state index contributed by atoms with van der Waals surface area (Å²) in [5.74, 6) is -0.529. The van der Waals surface area contributed by atoms with E-state index >= 15 is 0 Å². The van der Waals surface area contributed by atoms with E-state index in [0.717, 1.165) is 32.9 Å². The van der Waals surface area contributed by atoms with Gasteiger partial charge in [0.2, 0.25) is 15.9 Å². The number of carbonyl (C=O) groups is 1. The molecular weight excluding hydrogens is 626 g/mol. The van der Waals surface area contributed by atoms with Gasteiger partial charge in [-0.25, -0.2) is 8.42 Å². The number of aromatic nitrogens is 1. The molecule has 0 aliphatic rings. The standard InChI is InChI=1S/C30H30Cl2F3N3O4S/c1-42-16-4-14-38(43(40,41)28-17-24(31)11-12-26(28)32)20-29(39)37(19-21-7-9-23(10-8-21)30(33,34)35)15-13-22-18-36-27-6-3-2-5-25(22)27/h2-3,5-12,17-18,36H,4,13-16,19-20H2,1H3. The molecule has 0 aliphatic heterocycles. The number of nitrogens with one attached hydrogen (secondary N) is 1. The van der Waals surface area contributed by atoms with E-state index in [0.29, 0.717) is 18.4 Å². The summed E-state index contributed by atoms with van der Waals surface area (Å²) in [7, 11) is -2.78. The Balaban J connectivity index is 1.62. The number of amides is 1. The van der Waals surface area contributed by atoms with Crippen LogP contribution < -0.4 is 0 Å². The molecule has 1 N–H and O–H groups in total. The van der Waals surface area contributed by atoms with Crippen LogP contribution in [-0.4, -0.2) is 61.9 Å². The van der Waals surface area contributed by atoms with Crippen LogP contribution in [0.5, 0.6) is 0 Å². The molecule has 7 nitrogen and oxygen atoms in total. The minimum absolute atomic E-state index is 0.0246. The van der Waals surface area contributed by atoms with Gasteiger partial charge in [-0.3, -0.25) is 4.79 Å². The van der Waals surface area contributed by atoms with Crippen molar-refractivity contribution in [2.24, 2.45) is 0 Å². The molecule has 0 aliphatic carbocycles. The number of carbonyl (C=O) groups excluding carboxylic acids is 1. The van der Waals surface area contributed by atoms with E-state index in [1.54, 1.807) is 0 Å². The number of ether oxygens (including phenoxy) is 1. The van der Waals surface area contributed by atoms with Crippen molar-refractivity contribution in [3.8, 4) is 0 Å². The van der Waals surface area contributed by atoms with Crippen LogP contribution in [0.25, 0.3) is 10.9 Å². The molecule has 230 valence electrons. The lowest BCUT2D eigenvalue weighted by Gasteiger charge is -2.28. The van der Waals surface area contributed by atoms with Crippen molar-refractivity contribution in [1.82, 2.24) is 14.2 Å². The fraction of sp³-hybridized carbons (Fsp3) is 0.300. The molecule has 43 heavy (non-hydrogen) atoms. The molecule has 1 aromatic heterocycles. The van der Waals surface area contributed by atoms with Crippen molar-refractivity contribution in [2.45, 2.75) is 30.5 Å². The summed E-state index contributed by atoms with van der Waals surface area (Å²) in [6, 6.07) is 16.3. The second-order valence-electron chi connectivity index (χ2n) is 9.88. The van der Waals surface area contributed by atoms with Crippen LogP contribution in [0, 0.1) is 0 Å². The van der Waals surface area contributed by atoms with Crippen molar-refractivity contribution in [3.63, 3.8) is 0 Å². The number of H-pyrrole nitrogens is 1. The summed E-state index contributed by atoms with van der Waals surface area (Å²) in [4.78, 5) is 18.2. The number of benzene rings is 3. The Hall–Kier alpha value is -3.09. The van der Waals surface area contributed by atoms with Gasteiger partial charge < -0.3 is 14.6 Å². The molecular formula is C30H30Cl2F3N3O4S. The monoisotopic (exact) mass is 655 g/mol. The maximum absolute atomic E-state index is 13.8.